The molecule has 6 rings (SSSR count). The van der Waals surface area contributed by atoms with Crippen molar-refractivity contribution in [3.05, 3.63) is 70.9 Å². The molecule has 3 saturated heterocycles. The van der Waals surface area contributed by atoms with Gasteiger partial charge in [0, 0.05) is 28.7 Å². The van der Waals surface area contributed by atoms with Gasteiger partial charge < -0.3 is 9.47 Å². The van der Waals surface area contributed by atoms with Crippen molar-refractivity contribution in [1.82, 2.24) is 9.88 Å². The number of nitrogens with zero attached hydrogens (tertiary/aromatic N) is 2. The number of benzene rings is 2. The molecule has 1 aromatic heterocycles. The largest absolute Gasteiger partial charge is 0.497 e. The van der Waals surface area contributed by atoms with Crippen molar-refractivity contribution in [2.24, 2.45) is 11.8 Å². The number of hydrogen-bond donors (Lipinski definition) is 0. The summed E-state index contributed by atoms with van der Waals surface area (Å²) in [6.07, 6.45) is 4.85. The molecule has 6 heteroatoms. The molecular weight excluding hydrogens is 436 g/mol. The highest BCUT2D eigenvalue weighted by Crippen LogP contribution is 2.44. The molecule has 3 aromatic rings. The van der Waals surface area contributed by atoms with Crippen LogP contribution in [0.4, 0.5) is 0 Å². The predicted molar refractivity (Wildman–Crippen MR) is 130 cm³/mol. The number of esters is 1. The first-order valence-electron chi connectivity index (χ1n) is 11.7. The van der Waals surface area contributed by atoms with Crippen molar-refractivity contribution in [2.45, 2.75) is 38.3 Å². The van der Waals surface area contributed by atoms with E-state index in [-0.39, 0.29) is 12.0 Å². The molecule has 2 aromatic carbocycles. The second-order valence-corrected chi connectivity index (χ2v) is 9.57. The van der Waals surface area contributed by atoms with Crippen LogP contribution in [0.1, 0.15) is 48.2 Å². The van der Waals surface area contributed by atoms with Crippen LogP contribution in [-0.2, 0) is 4.74 Å². The third-order valence-electron chi connectivity index (χ3n) is 7.41. The van der Waals surface area contributed by atoms with Gasteiger partial charge >= 0.3 is 5.97 Å². The summed E-state index contributed by atoms with van der Waals surface area (Å²) in [7, 11) is 1.66. The molecule has 3 aliphatic rings. The van der Waals surface area contributed by atoms with Gasteiger partial charge in [0.25, 0.3) is 0 Å². The van der Waals surface area contributed by atoms with E-state index in [1.165, 1.54) is 12.8 Å². The summed E-state index contributed by atoms with van der Waals surface area (Å²) in [6, 6.07) is 14.9. The lowest BCUT2D eigenvalue weighted by Gasteiger charge is -2.51. The van der Waals surface area contributed by atoms with Crippen LogP contribution < -0.4 is 4.74 Å². The Balaban J connectivity index is 1.55. The summed E-state index contributed by atoms with van der Waals surface area (Å²) in [5, 5.41) is 1.55. The Morgan fingerprint density at radius 1 is 1.21 bits per heavy atom. The fourth-order valence-electron chi connectivity index (χ4n) is 5.60. The number of halogens is 1. The van der Waals surface area contributed by atoms with Crippen molar-refractivity contribution in [3.63, 3.8) is 0 Å². The van der Waals surface area contributed by atoms with Crippen LogP contribution in [0.2, 0.25) is 5.02 Å². The molecule has 4 heterocycles. The number of hydrogen-bond acceptors (Lipinski definition) is 5. The maximum atomic E-state index is 13.2. The minimum absolute atomic E-state index is 0.139. The summed E-state index contributed by atoms with van der Waals surface area (Å²) >= 11 is 6.03. The lowest BCUT2D eigenvalue weighted by atomic mass is 9.72. The maximum absolute atomic E-state index is 13.2. The number of carbonyl (C=O) groups is 1. The number of pyridine rings is 1. The fraction of sp³-hybridized carbons (Fsp3) is 0.407. The molecule has 3 fully saturated rings. The van der Waals surface area contributed by atoms with Gasteiger partial charge in [0.2, 0.25) is 0 Å². The van der Waals surface area contributed by atoms with E-state index in [0.29, 0.717) is 16.5 Å². The van der Waals surface area contributed by atoms with Crippen molar-refractivity contribution in [1.29, 1.82) is 0 Å². The second-order valence-electron chi connectivity index (χ2n) is 9.13. The summed E-state index contributed by atoms with van der Waals surface area (Å²) in [5.41, 5.74) is 2.35. The molecule has 0 saturated carbocycles. The van der Waals surface area contributed by atoms with Crippen LogP contribution in [0.3, 0.4) is 0 Å². The van der Waals surface area contributed by atoms with E-state index in [1.807, 2.05) is 24.3 Å². The Kier molecular flexibility index (Phi) is 6.26. The third kappa shape index (κ3) is 4.32. The smallest absolute Gasteiger partial charge is 0.338 e. The first-order valence-corrected chi connectivity index (χ1v) is 12.1. The summed E-state index contributed by atoms with van der Waals surface area (Å²) in [5.74, 6) is 1.82. The van der Waals surface area contributed by atoms with Gasteiger partial charge in [-0.3, -0.25) is 9.88 Å². The average Bonchev–Trinajstić information content (AvgIpc) is 2.87. The van der Waals surface area contributed by atoms with E-state index in [4.69, 9.17) is 21.1 Å². The summed E-state index contributed by atoms with van der Waals surface area (Å²) < 4.78 is 11.8. The molecule has 0 radical (unpaired) electrons. The second kappa shape index (κ2) is 9.32. The molecule has 0 amide bonds. The van der Waals surface area contributed by atoms with E-state index < -0.39 is 6.10 Å². The number of fused-ring (bicyclic) bond motifs is 4. The monoisotopic (exact) mass is 464 g/mol. The van der Waals surface area contributed by atoms with E-state index in [0.717, 1.165) is 47.6 Å². The van der Waals surface area contributed by atoms with E-state index >= 15 is 0 Å². The van der Waals surface area contributed by atoms with Crippen LogP contribution >= 0.6 is 11.6 Å². The predicted octanol–water partition coefficient (Wildman–Crippen LogP) is 5.92. The van der Waals surface area contributed by atoms with Gasteiger partial charge in [-0.15, -0.1) is 0 Å². The topological polar surface area (TPSA) is 51.7 Å². The third-order valence-corrected chi connectivity index (χ3v) is 7.66. The first kappa shape index (κ1) is 22.2. The lowest BCUT2D eigenvalue weighted by molar-refractivity contribution is -0.0659. The summed E-state index contributed by atoms with van der Waals surface area (Å²) in [4.78, 5) is 20.3. The number of methoxy groups -OCH3 is 1. The molecule has 5 atom stereocenters. The van der Waals surface area contributed by atoms with Crippen molar-refractivity contribution >= 4 is 28.5 Å². The Labute approximate surface area is 199 Å². The molecule has 2 unspecified atom stereocenters. The average molecular weight is 465 g/mol. The van der Waals surface area contributed by atoms with E-state index in [9.17, 15) is 4.79 Å². The minimum Gasteiger partial charge on any atom is -0.497 e. The number of carbonyl (C=O) groups excluding carboxylic acids is 1. The van der Waals surface area contributed by atoms with Gasteiger partial charge in [-0.25, -0.2) is 4.79 Å². The van der Waals surface area contributed by atoms with Crippen LogP contribution in [0.5, 0.6) is 5.75 Å². The first-order chi connectivity index (χ1) is 16.1. The number of rotatable bonds is 6. The molecule has 0 aliphatic carbocycles. The quantitative estimate of drug-likeness (QED) is 0.424. The Hall–Kier alpha value is -2.63. The number of aromatic nitrogens is 1. The van der Waals surface area contributed by atoms with Crippen LogP contribution in [0.25, 0.3) is 10.9 Å². The van der Waals surface area contributed by atoms with Crippen LogP contribution in [0.15, 0.2) is 54.7 Å². The zero-order chi connectivity index (χ0) is 22.9. The van der Waals surface area contributed by atoms with Gasteiger partial charge in [0.1, 0.15) is 11.9 Å². The Morgan fingerprint density at radius 3 is 2.73 bits per heavy atom. The highest BCUT2D eigenvalue weighted by atomic mass is 35.5. The van der Waals surface area contributed by atoms with Gasteiger partial charge in [0.15, 0.2) is 0 Å². The standard InChI is InChI=1S/C27H29ClN2O3/c1-3-17-16-30-13-11-19(17)14-25(30)26(33-27(31)18-4-6-20(28)7-5-18)22-10-12-29-24-9-8-21(32-2)15-23(22)24/h4-10,12,15,17,19,25-26H,3,11,13-14,16H2,1-2H3/t17-,19-,25?,26-/m0/s1. The summed E-state index contributed by atoms with van der Waals surface area (Å²) in [6.45, 7) is 4.39. The molecule has 0 spiro atoms. The molecule has 172 valence electrons. The fourth-order valence-corrected chi connectivity index (χ4v) is 5.72. The maximum Gasteiger partial charge on any atom is 0.338 e. The zero-order valence-electron chi connectivity index (χ0n) is 19.0. The SMILES string of the molecule is CC[C@H]1CN2CC[C@H]1CC2[C@@H](OC(=O)c1ccc(Cl)cc1)c1ccnc2ccc(OC)cc12. The van der Waals surface area contributed by atoms with Crippen molar-refractivity contribution in [2.75, 3.05) is 20.2 Å². The zero-order valence-corrected chi connectivity index (χ0v) is 19.8. The Morgan fingerprint density at radius 2 is 2.03 bits per heavy atom. The minimum atomic E-state index is -0.397. The Bertz CT molecular complexity index is 1150. The van der Waals surface area contributed by atoms with Gasteiger partial charge in [-0.1, -0.05) is 24.9 Å². The highest BCUT2D eigenvalue weighted by molar-refractivity contribution is 6.30. The molecule has 33 heavy (non-hydrogen) atoms. The molecule has 3 aliphatic heterocycles. The van der Waals surface area contributed by atoms with Gasteiger partial charge in [0.05, 0.1) is 24.2 Å². The molecule has 5 nitrogen and oxygen atoms in total. The van der Waals surface area contributed by atoms with Crippen LogP contribution in [0, 0.1) is 11.8 Å². The van der Waals surface area contributed by atoms with Crippen molar-refractivity contribution in [3.8, 4) is 5.75 Å². The van der Waals surface area contributed by atoms with Gasteiger partial charge in [-0.2, -0.15) is 0 Å². The van der Waals surface area contributed by atoms with E-state index in [2.05, 4.69) is 16.8 Å². The van der Waals surface area contributed by atoms with E-state index in [1.54, 1.807) is 37.6 Å². The van der Waals surface area contributed by atoms with Crippen LogP contribution in [-0.4, -0.2) is 42.1 Å². The van der Waals surface area contributed by atoms with Crippen molar-refractivity contribution < 1.29 is 14.3 Å². The number of piperidine rings is 3. The number of ether oxygens (including phenoxy) is 2. The molecular formula is C27H29ClN2O3. The molecule has 0 N–H and O–H groups in total. The molecule has 2 bridgehead atoms. The highest BCUT2D eigenvalue weighted by Gasteiger charge is 2.44. The van der Waals surface area contributed by atoms with Gasteiger partial charge in [-0.05, 0) is 79.8 Å². The normalized spacial score (nSPS) is 25.1. The lowest BCUT2D eigenvalue weighted by Crippen LogP contribution is -2.55.